The van der Waals surface area contributed by atoms with Gasteiger partial charge in [0.2, 0.25) is 0 Å². The molecule has 6 heteroatoms. The largest absolute Gasteiger partial charge is 0.366 e. The summed E-state index contributed by atoms with van der Waals surface area (Å²) < 4.78 is 2.10. The Hall–Kier alpha value is -2.73. The second kappa shape index (κ2) is 5.72. The van der Waals surface area contributed by atoms with E-state index in [2.05, 4.69) is 34.8 Å². The molecule has 0 spiro atoms. The van der Waals surface area contributed by atoms with E-state index in [4.69, 9.17) is 15.0 Å². The summed E-state index contributed by atoms with van der Waals surface area (Å²) in [6.45, 7) is 3.73. The van der Waals surface area contributed by atoms with E-state index in [0.717, 1.165) is 52.4 Å². The SMILES string of the molecule is Cc1ccc2nc(NCCN(C)C)c3nc4ccccc4n3c2n1. The fourth-order valence-electron chi connectivity index (χ4n) is 2.87. The van der Waals surface area contributed by atoms with Crippen molar-refractivity contribution in [2.45, 2.75) is 6.92 Å². The number of likely N-dealkylation sites (N-methyl/N-ethyl adjacent to an activating group) is 1. The lowest BCUT2D eigenvalue weighted by Gasteiger charge is -2.12. The number of nitrogens with one attached hydrogen (secondary N) is 1. The molecule has 4 aromatic rings. The van der Waals surface area contributed by atoms with Crippen LogP contribution in [-0.4, -0.2) is 51.4 Å². The Balaban J connectivity index is 1.99. The number of hydrogen-bond donors (Lipinski definition) is 1. The van der Waals surface area contributed by atoms with Crippen molar-refractivity contribution in [1.82, 2.24) is 24.3 Å². The van der Waals surface area contributed by atoms with Crippen LogP contribution in [0.3, 0.4) is 0 Å². The molecule has 4 rings (SSSR count). The number of aryl methyl sites for hydroxylation is 1. The molecule has 0 radical (unpaired) electrons. The number of rotatable bonds is 4. The molecule has 3 heterocycles. The summed E-state index contributed by atoms with van der Waals surface area (Å²) in [5.74, 6) is 0.797. The van der Waals surface area contributed by atoms with Crippen LogP contribution >= 0.6 is 0 Å². The molecule has 0 aliphatic heterocycles. The lowest BCUT2D eigenvalue weighted by molar-refractivity contribution is 0.425. The smallest absolute Gasteiger partial charge is 0.182 e. The van der Waals surface area contributed by atoms with Gasteiger partial charge in [-0.2, -0.15) is 0 Å². The number of nitrogens with zero attached hydrogens (tertiary/aromatic N) is 5. The molecule has 0 amide bonds. The average Bonchev–Trinajstić information content (AvgIpc) is 2.95. The molecule has 1 aromatic carbocycles. The van der Waals surface area contributed by atoms with Gasteiger partial charge in [-0.1, -0.05) is 12.1 Å². The standard InChI is InChI=1S/C18H20N6/c1-12-8-9-14-17(20-12)24-15-7-5-4-6-13(15)22-18(24)16(21-14)19-10-11-23(2)3/h4-9H,10-11H2,1-3H3,(H,19,21). The third-order valence-corrected chi connectivity index (χ3v) is 4.06. The Labute approximate surface area is 140 Å². The van der Waals surface area contributed by atoms with Gasteiger partial charge < -0.3 is 10.2 Å². The van der Waals surface area contributed by atoms with Gasteiger partial charge in [-0.05, 0) is 45.3 Å². The maximum absolute atomic E-state index is 4.78. The summed E-state index contributed by atoms with van der Waals surface area (Å²) in [6.07, 6.45) is 0. The van der Waals surface area contributed by atoms with Crippen LogP contribution in [0, 0.1) is 6.92 Å². The summed E-state index contributed by atoms with van der Waals surface area (Å²) >= 11 is 0. The van der Waals surface area contributed by atoms with Crippen molar-refractivity contribution < 1.29 is 0 Å². The van der Waals surface area contributed by atoms with Gasteiger partial charge in [0, 0.05) is 18.8 Å². The molecule has 0 atom stereocenters. The van der Waals surface area contributed by atoms with E-state index in [1.165, 1.54) is 0 Å². The van der Waals surface area contributed by atoms with Crippen molar-refractivity contribution in [3.63, 3.8) is 0 Å². The third-order valence-electron chi connectivity index (χ3n) is 4.06. The number of para-hydroxylation sites is 2. The lowest BCUT2D eigenvalue weighted by Crippen LogP contribution is -2.21. The number of benzene rings is 1. The highest BCUT2D eigenvalue weighted by Gasteiger charge is 2.14. The van der Waals surface area contributed by atoms with Crippen LogP contribution in [0.4, 0.5) is 5.82 Å². The van der Waals surface area contributed by atoms with E-state index in [1.54, 1.807) is 0 Å². The van der Waals surface area contributed by atoms with Crippen LogP contribution in [0.25, 0.3) is 27.8 Å². The number of imidazole rings is 1. The van der Waals surface area contributed by atoms with E-state index in [1.807, 2.05) is 37.3 Å². The van der Waals surface area contributed by atoms with E-state index in [-0.39, 0.29) is 0 Å². The highest BCUT2D eigenvalue weighted by atomic mass is 15.2. The third kappa shape index (κ3) is 2.45. The first kappa shape index (κ1) is 14.8. The number of aromatic nitrogens is 4. The normalized spacial score (nSPS) is 11.8. The molecule has 3 aromatic heterocycles. The predicted molar refractivity (Wildman–Crippen MR) is 97.6 cm³/mol. The van der Waals surface area contributed by atoms with Crippen molar-refractivity contribution in [2.75, 3.05) is 32.5 Å². The first-order valence-electron chi connectivity index (χ1n) is 8.06. The zero-order valence-corrected chi connectivity index (χ0v) is 14.1. The molecule has 0 aliphatic carbocycles. The Bertz CT molecular complexity index is 1030. The molecule has 0 aliphatic rings. The van der Waals surface area contributed by atoms with Gasteiger partial charge in [-0.15, -0.1) is 0 Å². The van der Waals surface area contributed by atoms with Crippen molar-refractivity contribution in [3.05, 3.63) is 42.1 Å². The summed E-state index contributed by atoms with van der Waals surface area (Å²) in [5.41, 5.74) is 5.50. The molecular formula is C18H20N6. The summed E-state index contributed by atoms with van der Waals surface area (Å²) in [7, 11) is 4.11. The van der Waals surface area contributed by atoms with Crippen LogP contribution < -0.4 is 5.32 Å². The Kier molecular flexibility index (Phi) is 3.54. The van der Waals surface area contributed by atoms with E-state index >= 15 is 0 Å². The number of hydrogen-bond acceptors (Lipinski definition) is 5. The number of anilines is 1. The second-order valence-electron chi connectivity index (χ2n) is 6.25. The zero-order valence-electron chi connectivity index (χ0n) is 14.1. The average molecular weight is 320 g/mol. The minimum absolute atomic E-state index is 0.797. The lowest BCUT2D eigenvalue weighted by atomic mass is 10.3. The van der Waals surface area contributed by atoms with Crippen molar-refractivity contribution in [3.8, 4) is 0 Å². The van der Waals surface area contributed by atoms with Gasteiger partial charge >= 0.3 is 0 Å². The van der Waals surface area contributed by atoms with Crippen LogP contribution in [0.15, 0.2) is 36.4 Å². The number of pyridine rings is 1. The summed E-state index contributed by atoms with van der Waals surface area (Å²) in [4.78, 5) is 16.4. The molecule has 0 fully saturated rings. The molecule has 24 heavy (non-hydrogen) atoms. The Morgan fingerprint density at radius 2 is 1.79 bits per heavy atom. The highest BCUT2D eigenvalue weighted by molar-refractivity contribution is 5.91. The van der Waals surface area contributed by atoms with E-state index < -0.39 is 0 Å². The molecule has 6 nitrogen and oxygen atoms in total. The first-order valence-corrected chi connectivity index (χ1v) is 8.06. The predicted octanol–water partition coefficient (Wildman–Crippen LogP) is 2.71. The minimum Gasteiger partial charge on any atom is -0.366 e. The van der Waals surface area contributed by atoms with Gasteiger partial charge in [0.1, 0.15) is 5.52 Å². The van der Waals surface area contributed by atoms with Crippen molar-refractivity contribution in [1.29, 1.82) is 0 Å². The fraction of sp³-hybridized carbons (Fsp3) is 0.278. The van der Waals surface area contributed by atoms with Crippen LogP contribution in [0.1, 0.15) is 5.69 Å². The first-order chi connectivity index (χ1) is 11.6. The van der Waals surface area contributed by atoms with Gasteiger partial charge in [-0.25, -0.2) is 15.0 Å². The quantitative estimate of drug-likeness (QED) is 0.626. The van der Waals surface area contributed by atoms with Crippen LogP contribution in [0.5, 0.6) is 0 Å². The fourth-order valence-corrected chi connectivity index (χ4v) is 2.87. The molecule has 122 valence electrons. The maximum atomic E-state index is 4.78. The molecular weight excluding hydrogens is 300 g/mol. The van der Waals surface area contributed by atoms with Crippen molar-refractivity contribution in [2.24, 2.45) is 0 Å². The Morgan fingerprint density at radius 1 is 0.958 bits per heavy atom. The minimum atomic E-state index is 0.797. The van der Waals surface area contributed by atoms with Crippen molar-refractivity contribution >= 4 is 33.7 Å². The maximum Gasteiger partial charge on any atom is 0.182 e. The molecule has 0 bridgehead atoms. The summed E-state index contributed by atoms with van der Waals surface area (Å²) in [5, 5.41) is 3.42. The van der Waals surface area contributed by atoms with Gasteiger partial charge in [-0.3, -0.25) is 4.40 Å². The molecule has 0 saturated carbocycles. The molecule has 1 N–H and O–H groups in total. The van der Waals surface area contributed by atoms with E-state index in [0.29, 0.717) is 0 Å². The molecule has 0 unspecified atom stereocenters. The molecule has 0 saturated heterocycles. The van der Waals surface area contributed by atoms with Gasteiger partial charge in [0.05, 0.1) is 11.0 Å². The van der Waals surface area contributed by atoms with Gasteiger partial charge in [0.25, 0.3) is 0 Å². The van der Waals surface area contributed by atoms with Crippen LogP contribution in [-0.2, 0) is 0 Å². The summed E-state index contributed by atoms with van der Waals surface area (Å²) in [6, 6.07) is 12.1. The second-order valence-corrected chi connectivity index (χ2v) is 6.25. The number of fused-ring (bicyclic) bond motifs is 5. The topological polar surface area (TPSA) is 58.4 Å². The Morgan fingerprint density at radius 3 is 2.62 bits per heavy atom. The van der Waals surface area contributed by atoms with Gasteiger partial charge in [0.15, 0.2) is 17.1 Å². The highest BCUT2D eigenvalue weighted by Crippen LogP contribution is 2.25. The van der Waals surface area contributed by atoms with Crippen LogP contribution in [0.2, 0.25) is 0 Å². The monoisotopic (exact) mass is 320 g/mol. The zero-order chi connectivity index (χ0) is 16.7. The van der Waals surface area contributed by atoms with E-state index in [9.17, 15) is 0 Å².